The second-order valence-electron chi connectivity index (χ2n) is 7.79. The molecule has 1 amide bonds. The van der Waals surface area contributed by atoms with Gasteiger partial charge in [0.2, 0.25) is 10.0 Å². The van der Waals surface area contributed by atoms with Gasteiger partial charge in [-0.3, -0.25) is 9.78 Å². The quantitative estimate of drug-likeness (QED) is 0.785. The van der Waals surface area contributed by atoms with Crippen LogP contribution in [0.15, 0.2) is 58.8 Å². The lowest BCUT2D eigenvalue weighted by molar-refractivity contribution is -0.115. The molecule has 1 unspecified atom stereocenters. The van der Waals surface area contributed by atoms with Crippen LogP contribution in [0.2, 0.25) is 0 Å². The monoisotopic (exact) mass is 428 g/mol. The van der Waals surface area contributed by atoms with E-state index < -0.39 is 15.6 Å². The minimum absolute atomic E-state index is 0.173. The molecule has 158 valence electrons. The first kappa shape index (κ1) is 20.5. The molecule has 2 aromatic rings. The van der Waals surface area contributed by atoms with E-state index in [-0.39, 0.29) is 29.5 Å². The third-order valence-corrected chi connectivity index (χ3v) is 7.30. The van der Waals surface area contributed by atoms with Gasteiger partial charge < -0.3 is 10.2 Å². The summed E-state index contributed by atoms with van der Waals surface area (Å²) in [6.07, 6.45) is 4.93. The maximum Gasteiger partial charge on any atom is 0.269 e. The fourth-order valence-electron chi connectivity index (χ4n) is 3.77. The number of hydrogen-bond donors (Lipinski definition) is 1. The van der Waals surface area contributed by atoms with Crippen LogP contribution in [0.1, 0.15) is 30.4 Å². The number of rotatable bonds is 5. The Morgan fingerprint density at radius 2 is 2.07 bits per heavy atom. The van der Waals surface area contributed by atoms with Gasteiger partial charge in [-0.05, 0) is 43.5 Å². The van der Waals surface area contributed by atoms with Crippen LogP contribution >= 0.6 is 0 Å². The molecule has 1 aromatic carbocycles. The van der Waals surface area contributed by atoms with E-state index in [1.54, 1.807) is 42.7 Å². The van der Waals surface area contributed by atoms with Gasteiger partial charge in [-0.1, -0.05) is 28.9 Å². The van der Waals surface area contributed by atoms with Gasteiger partial charge in [0.25, 0.3) is 5.91 Å². The van der Waals surface area contributed by atoms with Crippen molar-refractivity contribution in [2.45, 2.75) is 43.2 Å². The van der Waals surface area contributed by atoms with Gasteiger partial charge in [0.1, 0.15) is 5.71 Å². The predicted molar refractivity (Wildman–Crippen MR) is 111 cm³/mol. The number of aromatic nitrogens is 1. The topological polar surface area (TPSA) is 101 Å². The van der Waals surface area contributed by atoms with Gasteiger partial charge in [-0.2, -0.15) is 4.31 Å². The molecule has 1 aromatic heterocycles. The Labute approximate surface area is 176 Å². The highest BCUT2D eigenvalue weighted by molar-refractivity contribution is 7.89. The van der Waals surface area contributed by atoms with Crippen molar-refractivity contribution in [3.63, 3.8) is 0 Å². The van der Waals surface area contributed by atoms with E-state index in [0.29, 0.717) is 25.9 Å². The molecule has 1 atom stereocenters. The predicted octanol–water partition coefficient (Wildman–Crippen LogP) is 2.01. The molecule has 1 N–H and O–H groups in total. The molecule has 0 bridgehead atoms. The minimum Gasteiger partial charge on any atom is -0.387 e. The largest absolute Gasteiger partial charge is 0.387 e. The van der Waals surface area contributed by atoms with Crippen LogP contribution in [0.4, 0.5) is 0 Å². The lowest BCUT2D eigenvalue weighted by Crippen LogP contribution is -2.50. The fourth-order valence-corrected chi connectivity index (χ4v) is 5.32. The lowest BCUT2D eigenvalue weighted by atomic mass is 9.89. The maximum atomic E-state index is 13.1. The molecule has 1 saturated heterocycles. The zero-order valence-electron chi connectivity index (χ0n) is 16.7. The number of aryl methyl sites for hydroxylation is 1. The third kappa shape index (κ3) is 4.22. The molecule has 2 aliphatic heterocycles. The van der Waals surface area contributed by atoms with E-state index >= 15 is 0 Å². The Kier molecular flexibility index (Phi) is 5.57. The van der Waals surface area contributed by atoms with Gasteiger partial charge in [0.05, 0.1) is 11.4 Å². The smallest absolute Gasteiger partial charge is 0.269 e. The SMILES string of the molecule is Cc1ccc(S(=O)(=O)N2CCCC3(CC(C(=O)NCc4cccnc4)=NO3)C2)cc1. The standard InChI is InChI=1S/C21H24N4O4S/c1-16-5-7-18(8-6-16)30(27,28)25-11-3-9-21(15-25)12-19(24-29-21)20(26)23-14-17-4-2-10-22-13-17/h2,4-8,10,13H,3,9,11-12,14-15H2,1H3,(H,23,26). The number of carbonyl (C=O) groups excluding carboxylic acids is 1. The Morgan fingerprint density at radius 1 is 1.27 bits per heavy atom. The average Bonchev–Trinajstić information content (AvgIpc) is 3.16. The van der Waals surface area contributed by atoms with Crippen LogP contribution in [-0.4, -0.2) is 48.0 Å². The van der Waals surface area contributed by atoms with Gasteiger partial charge in [-0.25, -0.2) is 8.42 Å². The number of piperidine rings is 1. The number of sulfonamides is 1. The van der Waals surface area contributed by atoms with Crippen LogP contribution < -0.4 is 5.32 Å². The van der Waals surface area contributed by atoms with Crippen molar-refractivity contribution >= 4 is 21.6 Å². The maximum absolute atomic E-state index is 13.1. The molecule has 1 spiro atoms. The molecule has 0 saturated carbocycles. The van der Waals surface area contributed by atoms with Crippen LogP contribution in [-0.2, 0) is 26.2 Å². The van der Waals surface area contributed by atoms with E-state index in [1.807, 2.05) is 13.0 Å². The summed E-state index contributed by atoms with van der Waals surface area (Å²) in [5.41, 5.74) is 1.37. The van der Waals surface area contributed by atoms with E-state index in [9.17, 15) is 13.2 Å². The van der Waals surface area contributed by atoms with E-state index in [1.165, 1.54) is 4.31 Å². The molecule has 1 fully saturated rings. The van der Waals surface area contributed by atoms with Crippen molar-refractivity contribution in [3.05, 3.63) is 59.9 Å². The summed E-state index contributed by atoms with van der Waals surface area (Å²) in [6.45, 7) is 2.85. The molecule has 0 aliphatic carbocycles. The molecule has 30 heavy (non-hydrogen) atoms. The second kappa shape index (κ2) is 8.16. The van der Waals surface area contributed by atoms with Crippen molar-refractivity contribution in [2.75, 3.05) is 13.1 Å². The van der Waals surface area contributed by atoms with Crippen LogP contribution in [0.3, 0.4) is 0 Å². The van der Waals surface area contributed by atoms with Crippen molar-refractivity contribution < 1.29 is 18.0 Å². The number of benzene rings is 1. The van der Waals surface area contributed by atoms with E-state index in [0.717, 1.165) is 11.1 Å². The summed E-state index contributed by atoms with van der Waals surface area (Å²) >= 11 is 0. The Morgan fingerprint density at radius 3 is 2.80 bits per heavy atom. The molecule has 0 radical (unpaired) electrons. The number of amides is 1. The normalized spacial score (nSPS) is 21.8. The Hall–Kier alpha value is -2.78. The van der Waals surface area contributed by atoms with Crippen molar-refractivity contribution in [2.24, 2.45) is 5.16 Å². The fraction of sp³-hybridized carbons (Fsp3) is 0.381. The van der Waals surface area contributed by atoms with Gasteiger partial charge >= 0.3 is 0 Å². The van der Waals surface area contributed by atoms with Crippen molar-refractivity contribution in [1.29, 1.82) is 0 Å². The van der Waals surface area contributed by atoms with E-state index in [4.69, 9.17) is 4.84 Å². The first-order valence-corrected chi connectivity index (χ1v) is 11.3. The number of carbonyl (C=O) groups is 1. The Bertz CT molecular complexity index is 1050. The number of nitrogens with one attached hydrogen (secondary N) is 1. The highest BCUT2D eigenvalue weighted by Gasteiger charge is 2.47. The zero-order valence-corrected chi connectivity index (χ0v) is 17.6. The summed E-state index contributed by atoms with van der Waals surface area (Å²) in [5, 5.41) is 6.81. The molecule has 2 aliphatic rings. The van der Waals surface area contributed by atoms with Crippen LogP contribution in [0.25, 0.3) is 0 Å². The van der Waals surface area contributed by atoms with Crippen molar-refractivity contribution in [3.8, 4) is 0 Å². The van der Waals surface area contributed by atoms with E-state index in [2.05, 4.69) is 15.5 Å². The summed E-state index contributed by atoms with van der Waals surface area (Å²) in [4.78, 5) is 22.4. The molecular formula is C21H24N4O4S. The number of pyridine rings is 1. The Balaban J connectivity index is 1.41. The zero-order chi connectivity index (χ0) is 21.2. The molecule has 3 heterocycles. The molecule has 9 heteroatoms. The summed E-state index contributed by atoms with van der Waals surface area (Å²) in [7, 11) is -3.63. The average molecular weight is 429 g/mol. The summed E-state index contributed by atoms with van der Waals surface area (Å²) < 4.78 is 27.6. The highest BCUT2D eigenvalue weighted by atomic mass is 32.2. The summed E-state index contributed by atoms with van der Waals surface area (Å²) in [6, 6.07) is 10.5. The third-order valence-electron chi connectivity index (χ3n) is 5.44. The van der Waals surface area contributed by atoms with Crippen LogP contribution in [0, 0.1) is 6.92 Å². The minimum atomic E-state index is -3.63. The van der Waals surface area contributed by atoms with Gasteiger partial charge in [0.15, 0.2) is 5.60 Å². The van der Waals surface area contributed by atoms with Crippen LogP contribution in [0.5, 0.6) is 0 Å². The van der Waals surface area contributed by atoms with Gasteiger partial charge in [-0.15, -0.1) is 0 Å². The molecule has 8 nitrogen and oxygen atoms in total. The second-order valence-corrected chi connectivity index (χ2v) is 9.73. The van der Waals surface area contributed by atoms with Crippen molar-refractivity contribution in [1.82, 2.24) is 14.6 Å². The first-order valence-electron chi connectivity index (χ1n) is 9.87. The number of nitrogens with zero attached hydrogens (tertiary/aromatic N) is 3. The lowest BCUT2D eigenvalue weighted by Gasteiger charge is -2.37. The molecular weight excluding hydrogens is 404 g/mol. The first-order chi connectivity index (χ1) is 14.4. The number of oxime groups is 1. The molecule has 4 rings (SSSR count). The van der Waals surface area contributed by atoms with Gasteiger partial charge in [0, 0.05) is 31.9 Å². The highest BCUT2D eigenvalue weighted by Crippen LogP contribution is 2.35. The summed E-state index contributed by atoms with van der Waals surface area (Å²) in [5.74, 6) is -0.311. The number of hydrogen-bond acceptors (Lipinski definition) is 6.